The van der Waals surface area contributed by atoms with Crippen LogP contribution in [0.3, 0.4) is 0 Å². The summed E-state index contributed by atoms with van der Waals surface area (Å²) in [5.41, 5.74) is 3.67. The zero-order chi connectivity index (χ0) is 16.8. The van der Waals surface area contributed by atoms with Gasteiger partial charge in [0.05, 0.1) is 6.54 Å². The van der Waals surface area contributed by atoms with E-state index in [0.29, 0.717) is 11.7 Å². The predicted molar refractivity (Wildman–Crippen MR) is 102 cm³/mol. The first-order valence-electron chi connectivity index (χ1n) is 7.87. The average Bonchev–Trinajstić information content (AvgIpc) is 3.01. The molecule has 2 aromatic carbocycles. The van der Waals surface area contributed by atoms with Gasteiger partial charge in [0.15, 0.2) is 10.9 Å². The van der Waals surface area contributed by atoms with Crippen molar-refractivity contribution < 1.29 is 0 Å². The van der Waals surface area contributed by atoms with Gasteiger partial charge in [-0.05, 0) is 30.3 Å². The van der Waals surface area contributed by atoms with E-state index < -0.39 is 0 Å². The molecule has 1 heterocycles. The number of hydrogen-bond acceptors (Lipinski definition) is 2. The SMILES string of the molecule is Cc1cccc(Cn2ccc(NC(=S)NCc3ccccc3)n2)c1. The molecule has 0 unspecified atom stereocenters. The number of aromatic nitrogens is 2. The smallest absolute Gasteiger partial charge is 0.172 e. The zero-order valence-corrected chi connectivity index (χ0v) is 14.4. The predicted octanol–water partition coefficient (Wildman–Crippen LogP) is 3.73. The molecule has 3 rings (SSSR count). The molecule has 5 heteroatoms. The van der Waals surface area contributed by atoms with Gasteiger partial charge in [0.2, 0.25) is 0 Å². The number of anilines is 1. The van der Waals surface area contributed by atoms with E-state index in [1.54, 1.807) is 0 Å². The summed E-state index contributed by atoms with van der Waals surface area (Å²) >= 11 is 5.32. The van der Waals surface area contributed by atoms with Crippen molar-refractivity contribution in [1.29, 1.82) is 0 Å². The highest BCUT2D eigenvalue weighted by Crippen LogP contribution is 2.08. The summed E-state index contributed by atoms with van der Waals surface area (Å²) in [5.74, 6) is 0.744. The van der Waals surface area contributed by atoms with Crippen molar-refractivity contribution in [2.24, 2.45) is 0 Å². The molecular weight excluding hydrogens is 316 g/mol. The van der Waals surface area contributed by atoms with Crippen LogP contribution >= 0.6 is 12.2 Å². The average molecular weight is 336 g/mol. The topological polar surface area (TPSA) is 41.9 Å². The molecule has 0 aliphatic carbocycles. The lowest BCUT2D eigenvalue weighted by molar-refractivity contribution is 0.689. The fraction of sp³-hybridized carbons (Fsp3) is 0.158. The Balaban J connectivity index is 1.53. The van der Waals surface area contributed by atoms with Crippen LogP contribution in [0.1, 0.15) is 16.7 Å². The molecular formula is C19H20N4S. The first kappa shape index (κ1) is 16.2. The summed E-state index contributed by atoms with van der Waals surface area (Å²) in [7, 11) is 0. The normalized spacial score (nSPS) is 10.4. The largest absolute Gasteiger partial charge is 0.358 e. The summed E-state index contributed by atoms with van der Waals surface area (Å²) in [6.07, 6.45) is 1.95. The first-order chi connectivity index (χ1) is 11.7. The van der Waals surface area contributed by atoms with E-state index in [1.807, 2.05) is 35.1 Å². The third kappa shape index (κ3) is 4.67. The molecule has 0 fully saturated rings. The second-order valence-electron chi connectivity index (χ2n) is 5.68. The Kier molecular flexibility index (Phi) is 5.23. The monoisotopic (exact) mass is 336 g/mol. The van der Waals surface area contributed by atoms with Crippen molar-refractivity contribution >= 4 is 23.1 Å². The van der Waals surface area contributed by atoms with Gasteiger partial charge in [-0.2, -0.15) is 5.10 Å². The Hall–Kier alpha value is -2.66. The molecule has 0 spiro atoms. The number of nitrogens with one attached hydrogen (secondary N) is 2. The maximum Gasteiger partial charge on any atom is 0.172 e. The molecule has 24 heavy (non-hydrogen) atoms. The molecule has 0 radical (unpaired) electrons. The molecule has 1 aromatic heterocycles. The van der Waals surface area contributed by atoms with Crippen molar-refractivity contribution in [3.05, 3.63) is 83.6 Å². The fourth-order valence-corrected chi connectivity index (χ4v) is 2.63. The van der Waals surface area contributed by atoms with E-state index >= 15 is 0 Å². The minimum absolute atomic E-state index is 0.569. The minimum atomic E-state index is 0.569. The quantitative estimate of drug-likeness (QED) is 0.697. The molecule has 0 saturated carbocycles. The number of rotatable bonds is 5. The first-order valence-corrected chi connectivity index (χ1v) is 8.28. The van der Waals surface area contributed by atoms with Crippen molar-refractivity contribution in [3.8, 4) is 0 Å². The third-order valence-electron chi connectivity index (χ3n) is 3.61. The van der Waals surface area contributed by atoms with Crippen LogP contribution in [0.15, 0.2) is 66.9 Å². The highest BCUT2D eigenvalue weighted by molar-refractivity contribution is 7.80. The van der Waals surface area contributed by atoms with E-state index in [2.05, 4.69) is 59.1 Å². The van der Waals surface area contributed by atoms with Gasteiger partial charge in [0.1, 0.15) is 0 Å². The molecule has 0 amide bonds. The Bertz CT molecular complexity index is 811. The molecule has 3 aromatic rings. The van der Waals surface area contributed by atoms with Crippen LogP contribution in [-0.4, -0.2) is 14.9 Å². The van der Waals surface area contributed by atoms with Gasteiger partial charge in [-0.15, -0.1) is 0 Å². The highest BCUT2D eigenvalue weighted by atomic mass is 32.1. The van der Waals surface area contributed by atoms with Crippen LogP contribution in [0, 0.1) is 6.92 Å². The van der Waals surface area contributed by atoms with Crippen LogP contribution in [0.4, 0.5) is 5.82 Å². The van der Waals surface area contributed by atoms with Crippen LogP contribution in [0.25, 0.3) is 0 Å². The Labute approximate surface area is 147 Å². The van der Waals surface area contributed by atoms with Crippen molar-refractivity contribution in [2.45, 2.75) is 20.0 Å². The molecule has 0 aliphatic rings. The molecule has 0 aliphatic heterocycles. The van der Waals surface area contributed by atoms with E-state index in [4.69, 9.17) is 12.2 Å². The number of aryl methyl sites for hydroxylation is 1. The van der Waals surface area contributed by atoms with Gasteiger partial charge in [-0.25, -0.2) is 0 Å². The molecule has 0 atom stereocenters. The second kappa shape index (κ2) is 7.75. The van der Waals surface area contributed by atoms with Crippen LogP contribution in [0.5, 0.6) is 0 Å². The van der Waals surface area contributed by atoms with Gasteiger partial charge in [0, 0.05) is 18.8 Å². The van der Waals surface area contributed by atoms with E-state index in [1.165, 1.54) is 16.7 Å². The van der Waals surface area contributed by atoms with E-state index in [-0.39, 0.29) is 0 Å². The van der Waals surface area contributed by atoms with Gasteiger partial charge < -0.3 is 10.6 Å². The third-order valence-corrected chi connectivity index (χ3v) is 3.85. The fourth-order valence-electron chi connectivity index (χ4n) is 2.45. The van der Waals surface area contributed by atoms with Gasteiger partial charge in [0.25, 0.3) is 0 Å². The summed E-state index contributed by atoms with van der Waals surface area (Å²) in [4.78, 5) is 0. The van der Waals surface area contributed by atoms with Gasteiger partial charge in [-0.1, -0.05) is 60.2 Å². The number of thiocarbonyl (C=S) groups is 1. The van der Waals surface area contributed by atoms with E-state index in [0.717, 1.165) is 12.4 Å². The standard InChI is InChI=1S/C19H20N4S/c1-15-6-5-9-17(12-15)14-23-11-10-18(22-23)21-19(24)20-13-16-7-3-2-4-8-16/h2-12H,13-14H2,1H3,(H2,20,21,22,24). The lowest BCUT2D eigenvalue weighted by Gasteiger charge is -2.08. The van der Waals surface area contributed by atoms with Crippen molar-refractivity contribution in [2.75, 3.05) is 5.32 Å². The van der Waals surface area contributed by atoms with Crippen LogP contribution < -0.4 is 10.6 Å². The maximum absolute atomic E-state index is 5.32. The lowest BCUT2D eigenvalue weighted by Crippen LogP contribution is -2.28. The van der Waals surface area contributed by atoms with Gasteiger partial charge in [-0.3, -0.25) is 4.68 Å². The molecule has 2 N–H and O–H groups in total. The summed E-state index contributed by atoms with van der Waals surface area (Å²) in [6, 6.07) is 20.5. The van der Waals surface area contributed by atoms with Gasteiger partial charge >= 0.3 is 0 Å². The zero-order valence-electron chi connectivity index (χ0n) is 13.6. The molecule has 0 saturated heterocycles. The Morgan fingerprint density at radius 3 is 2.62 bits per heavy atom. The molecule has 122 valence electrons. The van der Waals surface area contributed by atoms with Crippen molar-refractivity contribution in [3.63, 3.8) is 0 Å². The molecule has 4 nitrogen and oxygen atoms in total. The van der Waals surface area contributed by atoms with Crippen molar-refractivity contribution in [1.82, 2.24) is 15.1 Å². The number of hydrogen-bond donors (Lipinski definition) is 2. The van der Waals surface area contributed by atoms with Crippen LogP contribution in [-0.2, 0) is 13.1 Å². The Morgan fingerprint density at radius 1 is 1.04 bits per heavy atom. The summed E-state index contributed by atoms with van der Waals surface area (Å²) in [5, 5.41) is 11.4. The second-order valence-corrected chi connectivity index (χ2v) is 6.09. The summed E-state index contributed by atoms with van der Waals surface area (Å²) in [6.45, 7) is 3.53. The number of nitrogens with zero attached hydrogens (tertiary/aromatic N) is 2. The lowest BCUT2D eigenvalue weighted by atomic mass is 10.1. The minimum Gasteiger partial charge on any atom is -0.358 e. The summed E-state index contributed by atoms with van der Waals surface area (Å²) < 4.78 is 1.90. The highest BCUT2D eigenvalue weighted by Gasteiger charge is 2.03. The molecule has 0 bridgehead atoms. The Morgan fingerprint density at radius 2 is 1.83 bits per heavy atom. The maximum atomic E-state index is 5.32. The van der Waals surface area contributed by atoms with Crippen LogP contribution in [0.2, 0.25) is 0 Å². The number of benzene rings is 2. The van der Waals surface area contributed by atoms with E-state index in [9.17, 15) is 0 Å².